The summed E-state index contributed by atoms with van der Waals surface area (Å²) in [7, 11) is -6.32. The van der Waals surface area contributed by atoms with Crippen LogP contribution < -0.4 is 4.72 Å². The van der Waals surface area contributed by atoms with Crippen LogP contribution in [0, 0.1) is 6.92 Å². The van der Waals surface area contributed by atoms with E-state index in [1.54, 1.807) is 31.2 Å². The Kier molecular flexibility index (Phi) is 9.66. The molecule has 0 unspecified atom stereocenters. The average molecular weight is 501 g/mol. The van der Waals surface area contributed by atoms with Gasteiger partial charge in [-0.25, -0.2) is 17.9 Å². The van der Waals surface area contributed by atoms with E-state index in [4.69, 9.17) is 13.9 Å². The molecule has 0 aliphatic carbocycles. The first kappa shape index (κ1) is 27.9. The number of hydrogen-bond donors (Lipinski definition) is 1. The van der Waals surface area contributed by atoms with E-state index in [1.807, 2.05) is 20.0 Å². The first-order valence-electron chi connectivity index (χ1n) is 11.5. The second-order valence-electron chi connectivity index (χ2n) is 10.0. The standard InChI is InChI=1S/C23H40N2O6SSi/c1-8-30-22(26)21(31-33(6,7)23(3,4)5)20(17-25-13-15-29-16-14-25)24-32(27,28)19-11-9-18(2)10-12-19/h9-12,20-21,24H,8,13-17H2,1-7H3/t20-,21+/m0/s1. The van der Waals surface area contributed by atoms with Crippen molar-refractivity contribution in [1.82, 2.24) is 9.62 Å². The van der Waals surface area contributed by atoms with Gasteiger partial charge in [-0.3, -0.25) is 4.90 Å². The van der Waals surface area contributed by atoms with Crippen molar-refractivity contribution in [2.75, 3.05) is 39.5 Å². The molecule has 1 N–H and O–H groups in total. The van der Waals surface area contributed by atoms with Crippen molar-refractivity contribution in [3.63, 3.8) is 0 Å². The van der Waals surface area contributed by atoms with Gasteiger partial charge in [-0.1, -0.05) is 38.5 Å². The predicted molar refractivity (Wildman–Crippen MR) is 131 cm³/mol. The summed E-state index contributed by atoms with van der Waals surface area (Å²) in [5, 5.41) is -0.170. The molecular formula is C23H40N2O6SSi. The second-order valence-corrected chi connectivity index (χ2v) is 16.5. The fourth-order valence-corrected chi connectivity index (χ4v) is 5.73. The number of nitrogens with zero attached hydrogens (tertiary/aromatic N) is 1. The van der Waals surface area contributed by atoms with Crippen molar-refractivity contribution < 1.29 is 27.1 Å². The maximum atomic E-state index is 13.3. The normalized spacial score (nSPS) is 18.0. The van der Waals surface area contributed by atoms with Gasteiger partial charge in [0.05, 0.1) is 30.8 Å². The molecule has 0 amide bonds. The van der Waals surface area contributed by atoms with E-state index in [0.717, 1.165) is 5.56 Å². The fourth-order valence-electron chi connectivity index (χ4n) is 3.25. The number of rotatable bonds is 10. The van der Waals surface area contributed by atoms with E-state index >= 15 is 0 Å². The van der Waals surface area contributed by atoms with Crippen molar-refractivity contribution in [2.24, 2.45) is 0 Å². The van der Waals surface area contributed by atoms with Crippen LogP contribution in [0.2, 0.25) is 18.1 Å². The van der Waals surface area contributed by atoms with E-state index in [9.17, 15) is 13.2 Å². The third-order valence-electron chi connectivity index (χ3n) is 6.31. The lowest BCUT2D eigenvalue weighted by atomic mass is 10.1. The van der Waals surface area contributed by atoms with Gasteiger partial charge in [0.25, 0.3) is 0 Å². The highest BCUT2D eigenvalue weighted by molar-refractivity contribution is 7.89. The van der Waals surface area contributed by atoms with E-state index in [0.29, 0.717) is 32.8 Å². The molecule has 1 fully saturated rings. The van der Waals surface area contributed by atoms with Crippen LogP contribution in [0.3, 0.4) is 0 Å². The number of sulfonamides is 1. The van der Waals surface area contributed by atoms with Crippen LogP contribution in [0.25, 0.3) is 0 Å². The Morgan fingerprint density at radius 2 is 1.76 bits per heavy atom. The van der Waals surface area contributed by atoms with E-state index in [-0.39, 0.29) is 16.5 Å². The molecule has 33 heavy (non-hydrogen) atoms. The molecule has 1 saturated heterocycles. The molecule has 0 aromatic heterocycles. The molecule has 0 bridgehead atoms. The van der Waals surface area contributed by atoms with Crippen LogP contribution in [0.1, 0.15) is 33.3 Å². The van der Waals surface area contributed by atoms with Crippen LogP contribution >= 0.6 is 0 Å². The minimum Gasteiger partial charge on any atom is -0.464 e. The Balaban J connectivity index is 2.43. The predicted octanol–water partition coefficient (Wildman–Crippen LogP) is 2.93. The van der Waals surface area contributed by atoms with Gasteiger partial charge in [0.15, 0.2) is 14.4 Å². The number of nitrogens with one attached hydrogen (secondary N) is 1. The number of carbonyl (C=O) groups is 1. The van der Waals surface area contributed by atoms with Gasteiger partial charge in [-0.15, -0.1) is 0 Å². The summed E-state index contributed by atoms with van der Waals surface area (Å²) < 4.78 is 46.6. The van der Waals surface area contributed by atoms with Gasteiger partial charge in [0, 0.05) is 19.6 Å². The van der Waals surface area contributed by atoms with Crippen LogP contribution in [-0.2, 0) is 28.7 Å². The fraction of sp³-hybridized carbons (Fsp3) is 0.696. The zero-order valence-corrected chi connectivity index (χ0v) is 22.8. The molecule has 0 spiro atoms. The zero-order valence-electron chi connectivity index (χ0n) is 21.0. The molecule has 0 radical (unpaired) electrons. The van der Waals surface area contributed by atoms with Crippen molar-refractivity contribution in [3.8, 4) is 0 Å². The Labute approximate surface area is 200 Å². The lowest BCUT2D eigenvalue weighted by molar-refractivity contribution is -0.153. The van der Waals surface area contributed by atoms with Crippen molar-refractivity contribution in [1.29, 1.82) is 0 Å². The molecule has 1 aliphatic heterocycles. The molecule has 1 heterocycles. The Hall–Kier alpha value is -1.30. The van der Waals surface area contributed by atoms with Gasteiger partial charge in [-0.05, 0) is 44.1 Å². The number of aryl methyl sites for hydroxylation is 1. The van der Waals surface area contributed by atoms with E-state index < -0.39 is 36.5 Å². The summed E-state index contributed by atoms with van der Waals surface area (Å²) in [5.41, 5.74) is 0.962. The molecule has 0 saturated carbocycles. The maximum Gasteiger partial charge on any atom is 0.335 e. The van der Waals surface area contributed by atoms with Gasteiger partial charge >= 0.3 is 5.97 Å². The summed E-state index contributed by atoms with van der Waals surface area (Å²) in [4.78, 5) is 15.3. The minimum atomic E-state index is -3.89. The van der Waals surface area contributed by atoms with Gasteiger partial charge < -0.3 is 13.9 Å². The van der Waals surface area contributed by atoms with Crippen LogP contribution in [0.4, 0.5) is 0 Å². The van der Waals surface area contributed by atoms with E-state index in [2.05, 4.69) is 30.4 Å². The summed E-state index contributed by atoms with van der Waals surface area (Å²) in [6.45, 7) is 16.9. The molecule has 1 aromatic rings. The highest BCUT2D eigenvalue weighted by Crippen LogP contribution is 2.38. The third kappa shape index (κ3) is 7.86. The molecule has 2 atom stereocenters. The molecule has 1 aliphatic rings. The van der Waals surface area contributed by atoms with Crippen LogP contribution in [0.5, 0.6) is 0 Å². The summed E-state index contributed by atoms with van der Waals surface area (Å²) in [6, 6.07) is 5.82. The molecular weight excluding hydrogens is 460 g/mol. The van der Waals surface area contributed by atoms with Crippen molar-refractivity contribution in [3.05, 3.63) is 29.8 Å². The smallest absolute Gasteiger partial charge is 0.335 e. The number of benzene rings is 1. The Morgan fingerprint density at radius 1 is 1.18 bits per heavy atom. The number of carbonyl (C=O) groups excluding carboxylic acids is 1. The van der Waals surface area contributed by atoms with E-state index in [1.165, 1.54) is 0 Å². The SMILES string of the molecule is CCOC(=O)[C@H](O[Si](C)(C)C(C)(C)C)[C@H](CN1CCOCC1)NS(=O)(=O)c1ccc(C)cc1. The Bertz CT molecular complexity index is 877. The highest BCUT2D eigenvalue weighted by atomic mass is 32.2. The number of ether oxygens (including phenoxy) is 2. The summed E-state index contributed by atoms with van der Waals surface area (Å²) in [5.74, 6) is -0.549. The molecule has 8 nitrogen and oxygen atoms in total. The average Bonchev–Trinajstić information content (AvgIpc) is 2.72. The van der Waals surface area contributed by atoms with Gasteiger partial charge in [-0.2, -0.15) is 0 Å². The molecule has 10 heteroatoms. The molecule has 188 valence electrons. The zero-order chi connectivity index (χ0) is 24.9. The van der Waals surface area contributed by atoms with Gasteiger partial charge in [0.2, 0.25) is 10.0 Å². The third-order valence-corrected chi connectivity index (χ3v) is 12.3. The summed E-state index contributed by atoms with van der Waals surface area (Å²) in [6.07, 6.45) is -1.06. The Morgan fingerprint density at radius 3 is 2.27 bits per heavy atom. The molecule has 2 rings (SSSR count). The number of esters is 1. The number of morpholine rings is 1. The highest BCUT2D eigenvalue weighted by Gasteiger charge is 2.45. The topological polar surface area (TPSA) is 94.2 Å². The first-order valence-corrected chi connectivity index (χ1v) is 15.9. The lowest BCUT2D eigenvalue weighted by Crippen LogP contribution is -2.59. The first-order chi connectivity index (χ1) is 15.3. The monoisotopic (exact) mass is 500 g/mol. The lowest BCUT2D eigenvalue weighted by Gasteiger charge is -2.41. The quantitative estimate of drug-likeness (QED) is 0.390. The van der Waals surface area contributed by atoms with Crippen molar-refractivity contribution >= 4 is 24.3 Å². The second kappa shape index (κ2) is 11.4. The van der Waals surface area contributed by atoms with Crippen LogP contribution in [-0.4, -0.2) is 79.2 Å². The van der Waals surface area contributed by atoms with Gasteiger partial charge in [0.1, 0.15) is 0 Å². The minimum absolute atomic E-state index is 0.148. The maximum absolute atomic E-state index is 13.3. The van der Waals surface area contributed by atoms with Crippen LogP contribution in [0.15, 0.2) is 29.2 Å². The molecule has 1 aromatic carbocycles. The summed E-state index contributed by atoms with van der Waals surface area (Å²) >= 11 is 0. The largest absolute Gasteiger partial charge is 0.464 e. The number of hydrogen-bond acceptors (Lipinski definition) is 7. The van der Waals surface area contributed by atoms with Crippen molar-refractivity contribution in [2.45, 2.75) is 69.8 Å².